The lowest BCUT2D eigenvalue weighted by Gasteiger charge is -2.37. The van der Waals surface area contributed by atoms with E-state index in [2.05, 4.69) is 48.9 Å². The molecule has 0 atom stereocenters. The van der Waals surface area contributed by atoms with Gasteiger partial charge in [0.15, 0.2) is 8.32 Å². The van der Waals surface area contributed by atoms with E-state index in [1.165, 1.54) is 29.4 Å². The second-order valence-electron chi connectivity index (χ2n) is 13.8. The Balaban J connectivity index is 1.40. The molecule has 2 aliphatic heterocycles. The molecule has 2 aromatic carbocycles. The van der Waals surface area contributed by atoms with E-state index in [1.807, 2.05) is 25.1 Å². The number of halogens is 3. The van der Waals surface area contributed by atoms with Crippen molar-refractivity contribution in [1.29, 1.82) is 0 Å². The molecule has 0 bridgehead atoms. The molecule has 0 unspecified atom stereocenters. The molecular weight excluding hydrogens is 773 g/mol. The Morgan fingerprint density at radius 3 is 2.40 bits per heavy atom. The van der Waals surface area contributed by atoms with E-state index in [-0.39, 0.29) is 66.5 Å². The molecule has 1 fully saturated rings. The number of hydrogen-bond donors (Lipinski definition) is 1. The molecule has 0 radical (unpaired) electrons. The van der Waals surface area contributed by atoms with Crippen molar-refractivity contribution in [3.05, 3.63) is 59.2 Å². The molecule has 10 nitrogen and oxygen atoms in total. The Hall–Kier alpha value is -2.47. The van der Waals surface area contributed by atoms with Gasteiger partial charge in [0.25, 0.3) is 5.91 Å². The quantitative estimate of drug-likeness (QED) is 0.159. The lowest BCUT2D eigenvalue weighted by molar-refractivity contribution is -0.125. The number of hydrogen-bond acceptors (Lipinski definition) is 7. The fourth-order valence-corrected chi connectivity index (χ4v) is 8.39. The number of ether oxygens (including phenoxy) is 1. The van der Waals surface area contributed by atoms with Crippen LogP contribution in [0.15, 0.2) is 47.5 Å². The number of sulfonamides is 1. The first-order valence-corrected chi connectivity index (χ1v) is 21.5. The number of benzene rings is 2. The summed E-state index contributed by atoms with van der Waals surface area (Å²) in [5.41, 5.74) is 1.68. The first kappa shape index (κ1) is 38.3. The molecular formula is C33H45F2IN4O6SSi. The molecule has 2 amide bonds. The molecule has 0 saturated carbocycles. The summed E-state index contributed by atoms with van der Waals surface area (Å²) >= 11 is 0.880. The Bertz CT molecular complexity index is 1670. The van der Waals surface area contributed by atoms with Crippen molar-refractivity contribution in [2.45, 2.75) is 81.7 Å². The smallest absolute Gasteiger partial charge is 0.425 e. The molecule has 2 aromatic rings. The number of anilines is 1. The molecule has 264 valence electrons. The topological polar surface area (TPSA) is 118 Å². The van der Waals surface area contributed by atoms with Crippen LogP contribution in [0.5, 0.6) is 5.75 Å². The van der Waals surface area contributed by atoms with Crippen LogP contribution in [0.4, 0.5) is 14.5 Å². The normalized spacial score (nSPS) is 17.3. The number of rotatable bonds is 12. The van der Waals surface area contributed by atoms with Crippen molar-refractivity contribution in [2.75, 3.05) is 36.9 Å². The van der Waals surface area contributed by atoms with Crippen molar-refractivity contribution < 1.29 is 36.0 Å². The second-order valence-corrected chi connectivity index (χ2v) is 22.0. The molecule has 48 heavy (non-hydrogen) atoms. The third-order valence-electron chi connectivity index (χ3n) is 9.57. The zero-order valence-corrected chi connectivity index (χ0v) is 32.5. The SMILES string of the molecule is CC(=O)N(CCO[Si](C)(C)C(C)(C)C)c1cccc(CCS(=O)(=O)N2CCC3(CC2)N=C(c2cccc(OC(F)(F)I)c2)NC3=O)c1C. The van der Waals surface area contributed by atoms with Crippen LogP contribution in [0.3, 0.4) is 0 Å². The van der Waals surface area contributed by atoms with Crippen molar-refractivity contribution in [3.8, 4) is 5.75 Å². The van der Waals surface area contributed by atoms with Gasteiger partial charge in [-0.3, -0.25) is 14.6 Å². The van der Waals surface area contributed by atoms with Gasteiger partial charge in [-0.1, -0.05) is 45.0 Å². The summed E-state index contributed by atoms with van der Waals surface area (Å²) in [5.74, 6) is -0.434. The number of nitrogens with one attached hydrogen (secondary N) is 1. The minimum absolute atomic E-state index is 0.0467. The second kappa shape index (κ2) is 14.4. The molecule has 1 N–H and O–H groups in total. The van der Waals surface area contributed by atoms with Gasteiger partial charge in [0, 0.05) is 37.8 Å². The van der Waals surface area contributed by atoms with Crippen LogP contribution in [-0.4, -0.2) is 80.3 Å². The van der Waals surface area contributed by atoms with E-state index >= 15 is 0 Å². The average molecular weight is 819 g/mol. The third kappa shape index (κ3) is 9.00. The maximum Gasteiger partial charge on any atom is 0.451 e. The predicted octanol–water partition coefficient (Wildman–Crippen LogP) is 6.02. The van der Waals surface area contributed by atoms with Crippen molar-refractivity contribution in [2.24, 2.45) is 4.99 Å². The van der Waals surface area contributed by atoms with Crippen molar-refractivity contribution >= 4 is 64.3 Å². The molecule has 1 spiro atoms. The summed E-state index contributed by atoms with van der Waals surface area (Å²) in [5, 5.41) is 2.79. The van der Waals surface area contributed by atoms with Crippen LogP contribution in [0.25, 0.3) is 0 Å². The number of aliphatic imine (C=N–C) groups is 1. The number of alkyl halides is 3. The summed E-state index contributed by atoms with van der Waals surface area (Å²) in [7, 11) is -5.67. The molecule has 2 aliphatic rings. The minimum atomic E-state index is -3.68. The number of piperidine rings is 1. The fourth-order valence-electron chi connectivity index (χ4n) is 5.62. The van der Waals surface area contributed by atoms with Crippen LogP contribution in [0, 0.1) is 6.92 Å². The Labute approximate surface area is 297 Å². The van der Waals surface area contributed by atoms with Gasteiger partial charge in [-0.15, -0.1) is 0 Å². The van der Waals surface area contributed by atoms with Crippen LogP contribution in [0.2, 0.25) is 18.1 Å². The number of carbonyl (C=O) groups is 2. The van der Waals surface area contributed by atoms with Crippen LogP contribution >= 0.6 is 22.6 Å². The molecule has 0 aromatic heterocycles. The van der Waals surface area contributed by atoms with Crippen LogP contribution in [-0.2, 0) is 30.5 Å². The molecule has 0 aliphatic carbocycles. The van der Waals surface area contributed by atoms with Gasteiger partial charge in [0.1, 0.15) is 17.1 Å². The summed E-state index contributed by atoms with van der Waals surface area (Å²) in [4.78, 5) is 32.1. The Morgan fingerprint density at radius 1 is 1.15 bits per heavy atom. The van der Waals surface area contributed by atoms with Gasteiger partial charge in [0.05, 0.1) is 35.0 Å². The summed E-state index contributed by atoms with van der Waals surface area (Å²) in [6.07, 6.45) is 0.624. The van der Waals surface area contributed by atoms with E-state index in [9.17, 15) is 26.8 Å². The van der Waals surface area contributed by atoms with Crippen molar-refractivity contribution in [3.63, 3.8) is 0 Å². The first-order chi connectivity index (χ1) is 22.1. The van der Waals surface area contributed by atoms with E-state index in [1.54, 1.807) is 11.0 Å². The maximum atomic E-state index is 13.5. The van der Waals surface area contributed by atoms with Gasteiger partial charge in [-0.25, -0.2) is 12.7 Å². The molecule has 4 rings (SSSR count). The number of aryl methyl sites for hydroxylation is 1. The monoisotopic (exact) mass is 818 g/mol. The summed E-state index contributed by atoms with van der Waals surface area (Å²) in [6, 6.07) is 11.5. The molecule has 2 heterocycles. The third-order valence-corrected chi connectivity index (χ3v) is 16.2. The van der Waals surface area contributed by atoms with E-state index in [0.717, 1.165) is 39.4 Å². The predicted molar refractivity (Wildman–Crippen MR) is 194 cm³/mol. The van der Waals surface area contributed by atoms with Gasteiger partial charge in [-0.2, -0.15) is 8.78 Å². The largest absolute Gasteiger partial charge is 0.451 e. The zero-order valence-electron chi connectivity index (χ0n) is 28.5. The molecule has 1 saturated heterocycles. The number of amides is 2. The highest BCUT2D eigenvalue weighted by Gasteiger charge is 2.47. The average Bonchev–Trinajstić information content (AvgIpc) is 3.29. The fraction of sp³-hybridized carbons (Fsp3) is 0.545. The van der Waals surface area contributed by atoms with Gasteiger partial charge >= 0.3 is 4.12 Å². The highest BCUT2D eigenvalue weighted by Crippen LogP contribution is 2.37. The highest BCUT2D eigenvalue weighted by atomic mass is 127. The lowest BCUT2D eigenvalue weighted by Crippen LogP contribution is -2.50. The lowest BCUT2D eigenvalue weighted by atomic mass is 9.89. The summed E-state index contributed by atoms with van der Waals surface area (Å²) < 4.78 is 62.6. The number of carbonyl (C=O) groups excluding carboxylic acids is 2. The standard InChI is InChI=1S/C33H45F2IN4O6SSi/c1-23-25(10-9-13-28(23)40(24(2)41)19-20-45-48(6,7)31(3,4)5)14-21-47(43,44)39-17-15-32(16-18-39)30(42)37-29(38-32)26-11-8-12-27(22-26)46-33(34,35)36/h8-13,22H,14-21H2,1-7H3,(H,37,38,42). The van der Waals surface area contributed by atoms with Gasteiger partial charge in [0.2, 0.25) is 15.9 Å². The van der Waals surface area contributed by atoms with E-state index in [0.29, 0.717) is 18.7 Å². The maximum absolute atomic E-state index is 13.5. The number of nitrogens with zero attached hydrogens (tertiary/aromatic N) is 3. The van der Waals surface area contributed by atoms with Gasteiger partial charge < -0.3 is 19.4 Å². The highest BCUT2D eigenvalue weighted by molar-refractivity contribution is 14.1. The van der Waals surface area contributed by atoms with E-state index in [4.69, 9.17) is 4.43 Å². The zero-order chi connectivity index (χ0) is 35.7. The van der Waals surface area contributed by atoms with Crippen molar-refractivity contribution in [1.82, 2.24) is 9.62 Å². The number of amidine groups is 1. The molecule has 15 heteroatoms. The summed E-state index contributed by atoms with van der Waals surface area (Å²) in [6.45, 7) is 15.3. The Kier molecular flexibility index (Phi) is 11.5. The first-order valence-electron chi connectivity index (χ1n) is 15.9. The van der Waals surface area contributed by atoms with Crippen LogP contribution in [0.1, 0.15) is 57.2 Å². The van der Waals surface area contributed by atoms with E-state index < -0.39 is 28.0 Å². The Morgan fingerprint density at radius 2 is 1.79 bits per heavy atom. The minimum Gasteiger partial charge on any atom is -0.425 e. The van der Waals surface area contributed by atoms with Gasteiger partial charge in [-0.05, 0) is 73.6 Å². The van der Waals surface area contributed by atoms with Crippen LogP contribution < -0.4 is 15.0 Å².